The van der Waals surface area contributed by atoms with Crippen molar-refractivity contribution in [2.75, 3.05) is 21.3 Å². The summed E-state index contributed by atoms with van der Waals surface area (Å²) in [6, 6.07) is 13.2. The van der Waals surface area contributed by atoms with E-state index in [1.807, 2.05) is 0 Å². The third kappa shape index (κ3) is 4.54. The van der Waals surface area contributed by atoms with Crippen molar-refractivity contribution in [2.45, 2.75) is 12.0 Å². The number of benzene rings is 2. The zero-order valence-electron chi connectivity index (χ0n) is 17.8. The lowest BCUT2D eigenvalue weighted by Gasteiger charge is -2.33. The SMILES string of the molecule is COC(=O)C1=CN([C@H](C(=O)OC)c2ccccc2)C=C(C(=O)OC)C1c1ccc(F)cc1. The molecule has 8 heteroatoms. The fourth-order valence-electron chi connectivity index (χ4n) is 3.59. The molecule has 0 saturated heterocycles. The lowest BCUT2D eigenvalue weighted by molar-refractivity contribution is -0.146. The molecule has 0 amide bonds. The quantitative estimate of drug-likeness (QED) is 0.505. The Kier molecular flexibility index (Phi) is 7.04. The number of nitrogens with zero attached hydrogens (tertiary/aromatic N) is 1. The third-order valence-corrected chi connectivity index (χ3v) is 5.08. The predicted octanol–water partition coefficient (Wildman–Crippen LogP) is 3.25. The van der Waals surface area contributed by atoms with Crippen LogP contribution >= 0.6 is 0 Å². The van der Waals surface area contributed by atoms with Gasteiger partial charge in [0.15, 0.2) is 6.04 Å². The second kappa shape index (κ2) is 9.91. The molecular formula is C24H22FNO6. The molecule has 1 aliphatic rings. The van der Waals surface area contributed by atoms with Crippen LogP contribution < -0.4 is 0 Å². The first-order valence-corrected chi connectivity index (χ1v) is 9.67. The monoisotopic (exact) mass is 439 g/mol. The van der Waals surface area contributed by atoms with E-state index >= 15 is 0 Å². The molecule has 0 N–H and O–H groups in total. The van der Waals surface area contributed by atoms with E-state index in [1.54, 1.807) is 30.3 Å². The van der Waals surface area contributed by atoms with Crippen molar-refractivity contribution in [3.05, 3.63) is 95.1 Å². The maximum atomic E-state index is 13.5. The summed E-state index contributed by atoms with van der Waals surface area (Å²) in [5.41, 5.74) is 1.22. The summed E-state index contributed by atoms with van der Waals surface area (Å²) in [5, 5.41) is 0. The summed E-state index contributed by atoms with van der Waals surface area (Å²) < 4.78 is 28.4. The van der Waals surface area contributed by atoms with E-state index in [0.717, 1.165) is 0 Å². The van der Waals surface area contributed by atoms with E-state index in [0.29, 0.717) is 11.1 Å². The van der Waals surface area contributed by atoms with E-state index in [1.165, 1.54) is 62.9 Å². The number of halogens is 1. The highest BCUT2D eigenvalue weighted by atomic mass is 19.1. The summed E-state index contributed by atoms with van der Waals surface area (Å²) >= 11 is 0. The second-order valence-electron chi connectivity index (χ2n) is 6.92. The predicted molar refractivity (Wildman–Crippen MR) is 112 cm³/mol. The number of esters is 3. The van der Waals surface area contributed by atoms with Crippen molar-refractivity contribution < 1.29 is 33.0 Å². The van der Waals surface area contributed by atoms with Gasteiger partial charge >= 0.3 is 17.9 Å². The minimum absolute atomic E-state index is 0.0758. The van der Waals surface area contributed by atoms with Crippen LogP contribution in [0.25, 0.3) is 0 Å². The molecule has 2 aromatic carbocycles. The summed E-state index contributed by atoms with van der Waals surface area (Å²) in [6.45, 7) is 0. The van der Waals surface area contributed by atoms with Crippen molar-refractivity contribution in [3.63, 3.8) is 0 Å². The average Bonchev–Trinajstić information content (AvgIpc) is 2.83. The first-order valence-electron chi connectivity index (χ1n) is 9.67. The van der Waals surface area contributed by atoms with E-state index in [-0.39, 0.29) is 11.1 Å². The molecule has 0 saturated carbocycles. The van der Waals surface area contributed by atoms with Crippen LogP contribution in [0.3, 0.4) is 0 Å². The minimum atomic E-state index is -0.977. The van der Waals surface area contributed by atoms with Crippen molar-refractivity contribution in [3.8, 4) is 0 Å². The highest BCUT2D eigenvalue weighted by Gasteiger charge is 2.38. The topological polar surface area (TPSA) is 82.1 Å². The average molecular weight is 439 g/mol. The molecule has 1 aliphatic heterocycles. The number of rotatable bonds is 6. The molecular weight excluding hydrogens is 417 g/mol. The van der Waals surface area contributed by atoms with Gasteiger partial charge in [-0.1, -0.05) is 42.5 Å². The van der Waals surface area contributed by atoms with Gasteiger partial charge in [-0.05, 0) is 23.3 Å². The largest absolute Gasteiger partial charge is 0.467 e. The number of ether oxygens (including phenoxy) is 3. The van der Waals surface area contributed by atoms with Crippen molar-refractivity contribution in [1.82, 2.24) is 4.90 Å². The molecule has 2 aromatic rings. The normalized spacial score (nSPS) is 14.7. The van der Waals surface area contributed by atoms with Crippen LogP contribution in [0.1, 0.15) is 23.1 Å². The number of hydrogen-bond acceptors (Lipinski definition) is 7. The number of carbonyl (C=O) groups is 3. The Labute approximate surface area is 184 Å². The zero-order chi connectivity index (χ0) is 23.3. The fourth-order valence-corrected chi connectivity index (χ4v) is 3.59. The molecule has 0 bridgehead atoms. The van der Waals surface area contributed by atoms with Crippen LogP contribution in [0, 0.1) is 5.82 Å². The zero-order valence-corrected chi connectivity index (χ0v) is 17.8. The first-order chi connectivity index (χ1) is 15.4. The van der Waals surface area contributed by atoms with Gasteiger partial charge in [-0.3, -0.25) is 0 Å². The lowest BCUT2D eigenvalue weighted by atomic mass is 9.83. The van der Waals surface area contributed by atoms with Gasteiger partial charge in [0.05, 0.1) is 38.4 Å². The van der Waals surface area contributed by atoms with Crippen molar-refractivity contribution >= 4 is 17.9 Å². The molecule has 0 aromatic heterocycles. The summed E-state index contributed by atoms with van der Waals surface area (Å²) in [5.74, 6) is -3.38. The summed E-state index contributed by atoms with van der Waals surface area (Å²) in [4.78, 5) is 39.6. The highest BCUT2D eigenvalue weighted by molar-refractivity contribution is 5.98. The molecule has 166 valence electrons. The molecule has 32 heavy (non-hydrogen) atoms. The minimum Gasteiger partial charge on any atom is -0.467 e. The van der Waals surface area contributed by atoms with Crippen molar-refractivity contribution in [1.29, 1.82) is 0 Å². The molecule has 0 fully saturated rings. The summed E-state index contributed by atoms with van der Waals surface area (Å²) in [7, 11) is 3.67. The Morgan fingerprint density at radius 2 is 1.34 bits per heavy atom. The van der Waals surface area contributed by atoms with Crippen LogP contribution in [-0.2, 0) is 28.6 Å². The lowest BCUT2D eigenvalue weighted by Crippen LogP contribution is -2.34. The van der Waals surface area contributed by atoms with Crippen molar-refractivity contribution in [2.24, 2.45) is 0 Å². The highest BCUT2D eigenvalue weighted by Crippen LogP contribution is 2.39. The molecule has 7 nitrogen and oxygen atoms in total. The third-order valence-electron chi connectivity index (χ3n) is 5.08. The van der Waals surface area contributed by atoms with Gasteiger partial charge in [0.25, 0.3) is 0 Å². The summed E-state index contributed by atoms with van der Waals surface area (Å²) in [6.07, 6.45) is 2.86. The molecule has 1 heterocycles. The number of hydrogen-bond donors (Lipinski definition) is 0. The molecule has 1 atom stereocenters. The Bertz CT molecular complexity index is 1030. The first kappa shape index (κ1) is 22.7. The number of carbonyl (C=O) groups excluding carboxylic acids is 3. The van der Waals surface area contributed by atoms with E-state index in [2.05, 4.69) is 0 Å². The van der Waals surface area contributed by atoms with E-state index in [9.17, 15) is 18.8 Å². The van der Waals surface area contributed by atoms with Crippen LogP contribution in [0.2, 0.25) is 0 Å². The second-order valence-corrected chi connectivity index (χ2v) is 6.92. The molecule has 0 unspecified atom stereocenters. The molecule has 0 aliphatic carbocycles. The van der Waals surface area contributed by atoms with E-state index < -0.39 is 35.7 Å². The Hall–Kier alpha value is -3.94. The standard InChI is InChI=1S/C24H22FNO6/c1-30-22(27)18-13-26(21(24(29)32-3)16-7-5-4-6-8-16)14-19(23(28)31-2)20(18)15-9-11-17(25)12-10-15/h4-14,20-21H,1-3H3/t21-/m0/s1. The van der Waals surface area contributed by atoms with Crippen LogP contribution in [0.15, 0.2) is 78.1 Å². The van der Waals surface area contributed by atoms with E-state index in [4.69, 9.17) is 14.2 Å². The van der Waals surface area contributed by atoms with Gasteiger partial charge < -0.3 is 19.1 Å². The maximum Gasteiger partial charge on any atom is 0.336 e. The van der Waals surface area contributed by atoms with Gasteiger partial charge in [-0.25, -0.2) is 18.8 Å². The van der Waals surface area contributed by atoms with Crippen LogP contribution in [0.4, 0.5) is 4.39 Å². The Morgan fingerprint density at radius 3 is 1.81 bits per heavy atom. The fraction of sp³-hybridized carbons (Fsp3) is 0.208. The number of methoxy groups -OCH3 is 3. The van der Waals surface area contributed by atoms with Gasteiger partial charge in [-0.15, -0.1) is 0 Å². The Balaban J connectivity index is 2.21. The smallest absolute Gasteiger partial charge is 0.336 e. The maximum absolute atomic E-state index is 13.5. The Morgan fingerprint density at radius 1 is 0.812 bits per heavy atom. The van der Waals surface area contributed by atoms with Gasteiger partial charge in [0, 0.05) is 12.4 Å². The van der Waals surface area contributed by atoms with Crippen LogP contribution in [0.5, 0.6) is 0 Å². The van der Waals surface area contributed by atoms with Gasteiger partial charge in [-0.2, -0.15) is 0 Å². The molecule has 0 spiro atoms. The van der Waals surface area contributed by atoms with Gasteiger partial charge in [0.2, 0.25) is 0 Å². The van der Waals surface area contributed by atoms with Crippen LogP contribution in [-0.4, -0.2) is 44.1 Å². The molecule has 3 rings (SSSR count). The van der Waals surface area contributed by atoms with Gasteiger partial charge in [0.1, 0.15) is 5.82 Å². The molecule has 0 radical (unpaired) electrons.